The quantitative estimate of drug-likeness (QED) is 0.597. The average Bonchev–Trinajstić information content (AvgIpc) is 2.80. The largest absolute Gasteiger partial charge is 0.393 e. The first-order chi connectivity index (χ1) is 8.99. The second-order valence-corrected chi connectivity index (χ2v) is 6.71. The molecular weight excluding hydrogens is 395 g/mol. The summed E-state index contributed by atoms with van der Waals surface area (Å²) in [5.41, 5.74) is 6.31. The molecule has 6 heteroatoms. The van der Waals surface area contributed by atoms with Crippen molar-refractivity contribution in [2.45, 2.75) is 25.3 Å². The van der Waals surface area contributed by atoms with Crippen molar-refractivity contribution in [1.82, 2.24) is 5.32 Å². The van der Waals surface area contributed by atoms with Gasteiger partial charge in [-0.1, -0.05) is 30.2 Å². The van der Waals surface area contributed by atoms with Crippen molar-refractivity contribution in [1.29, 1.82) is 0 Å². The Hall–Kier alpha value is -0.400. The van der Waals surface area contributed by atoms with Gasteiger partial charge in [0.25, 0.3) is 5.91 Å². The van der Waals surface area contributed by atoms with E-state index in [-0.39, 0.29) is 17.9 Å². The fourth-order valence-electron chi connectivity index (χ4n) is 2.39. The fraction of sp³-hybridized carbons (Fsp3) is 0.385. The molecule has 19 heavy (non-hydrogen) atoms. The molecule has 1 aromatic rings. The number of nitrogens with one attached hydrogen (secondary N) is 1. The molecule has 1 fully saturated rings. The summed E-state index contributed by atoms with van der Waals surface area (Å²) in [6, 6.07) is 5.33. The number of benzene rings is 1. The second-order valence-electron chi connectivity index (χ2n) is 4.64. The van der Waals surface area contributed by atoms with Crippen LogP contribution in [-0.4, -0.2) is 16.9 Å². The third-order valence-electron chi connectivity index (χ3n) is 3.37. The Morgan fingerprint density at radius 1 is 1.47 bits per heavy atom. The minimum atomic E-state index is -0.111. The van der Waals surface area contributed by atoms with E-state index in [0.29, 0.717) is 15.6 Å². The van der Waals surface area contributed by atoms with Crippen LogP contribution in [-0.2, 0) is 0 Å². The number of carbonyl (C=O) groups excluding carboxylic acids is 1. The van der Waals surface area contributed by atoms with Gasteiger partial charge in [0.1, 0.15) is 0 Å². The minimum Gasteiger partial charge on any atom is -0.393 e. The molecule has 0 bridgehead atoms. The number of hydrogen-bond donors (Lipinski definition) is 2. The van der Waals surface area contributed by atoms with Crippen LogP contribution in [0.3, 0.4) is 0 Å². The lowest BCUT2D eigenvalue weighted by molar-refractivity contribution is 0.0933. The number of thiocarbonyl (C=S) groups is 1. The van der Waals surface area contributed by atoms with E-state index in [4.69, 9.17) is 29.6 Å². The summed E-state index contributed by atoms with van der Waals surface area (Å²) in [4.78, 5) is 12.8. The van der Waals surface area contributed by atoms with Gasteiger partial charge in [-0.15, -0.1) is 0 Å². The highest BCUT2D eigenvalue weighted by atomic mass is 127. The summed E-state index contributed by atoms with van der Waals surface area (Å²) < 4.78 is 0.879. The second kappa shape index (κ2) is 6.37. The molecule has 1 amide bonds. The lowest BCUT2D eigenvalue weighted by atomic mass is 10.0. The highest BCUT2D eigenvalue weighted by Gasteiger charge is 2.31. The molecule has 1 aromatic carbocycles. The van der Waals surface area contributed by atoms with Crippen molar-refractivity contribution in [3.8, 4) is 0 Å². The van der Waals surface area contributed by atoms with Crippen LogP contribution in [0.25, 0.3) is 0 Å². The van der Waals surface area contributed by atoms with Crippen molar-refractivity contribution in [3.05, 3.63) is 32.4 Å². The van der Waals surface area contributed by atoms with Gasteiger partial charge in [-0.2, -0.15) is 0 Å². The summed E-state index contributed by atoms with van der Waals surface area (Å²) in [7, 11) is 0. The molecule has 0 aromatic heterocycles. The summed E-state index contributed by atoms with van der Waals surface area (Å²) in [5, 5.41) is 3.58. The highest BCUT2D eigenvalue weighted by molar-refractivity contribution is 14.1. The SMILES string of the molecule is NC(=S)C1CCCC1NC(=O)c1cc(Cl)ccc1I. The maximum absolute atomic E-state index is 12.3. The van der Waals surface area contributed by atoms with E-state index in [1.54, 1.807) is 12.1 Å². The summed E-state index contributed by atoms with van der Waals surface area (Å²) >= 11 is 13.1. The van der Waals surface area contributed by atoms with Crippen LogP contribution >= 0.6 is 46.4 Å². The fourth-order valence-corrected chi connectivity index (χ4v) is 3.43. The number of nitrogens with two attached hydrogens (primary N) is 1. The van der Waals surface area contributed by atoms with Gasteiger partial charge in [0.05, 0.1) is 10.6 Å². The van der Waals surface area contributed by atoms with Gasteiger partial charge in [0, 0.05) is 20.6 Å². The van der Waals surface area contributed by atoms with Crippen LogP contribution < -0.4 is 11.1 Å². The molecule has 0 saturated heterocycles. The molecule has 3 N–H and O–H groups in total. The zero-order valence-electron chi connectivity index (χ0n) is 10.2. The number of hydrogen-bond acceptors (Lipinski definition) is 2. The first kappa shape index (κ1) is 15.0. The van der Waals surface area contributed by atoms with Crippen LogP contribution in [0.4, 0.5) is 0 Å². The van der Waals surface area contributed by atoms with Gasteiger partial charge < -0.3 is 11.1 Å². The molecular formula is C13H14ClIN2OS. The molecule has 0 aliphatic heterocycles. The normalized spacial score (nSPS) is 22.2. The molecule has 1 aliphatic rings. The highest BCUT2D eigenvalue weighted by Crippen LogP contribution is 2.27. The molecule has 0 radical (unpaired) electrons. The van der Waals surface area contributed by atoms with Crippen LogP contribution in [0.2, 0.25) is 5.02 Å². The van der Waals surface area contributed by atoms with E-state index >= 15 is 0 Å². The van der Waals surface area contributed by atoms with E-state index < -0.39 is 0 Å². The molecule has 2 atom stereocenters. The summed E-state index contributed by atoms with van der Waals surface area (Å²) in [5.74, 6) is -0.00385. The van der Waals surface area contributed by atoms with Gasteiger partial charge in [0.2, 0.25) is 0 Å². The summed E-state index contributed by atoms with van der Waals surface area (Å²) in [6.07, 6.45) is 2.91. The first-order valence-corrected chi connectivity index (χ1v) is 7.91. The minimum absolute atomic E-state index is 0.0415. The molecule has 3 nitrogen and oxygen atoms in total. The molecule has 2 unspecified atom stereocenters. The Bertz CT molecular complexity index is 523. The molecule has 2 rings (SSSR count). The van der Waals surface area contributed by atoms with Crippen molar-refractivity contribution in [2.75, 3.05) is 0 Å². The van der Waals surface area contributed by atoms with Gasteiger partial charge in [-0.25, -0.2) is 0 Å². The lowest BCUT2D eigenvalue weighted by Crippen LogP contribution is -2.41. The van der Waals surface area contributed by atoms with E-state index in [2.05, 4.69) is 27.9 Å². The smallest absolute Gasteiger partial charge is 0.252 e. The van der Waals surface area contributed by atoms with Gasteiger partial charge in [-0.05, 0) is 53.6 Å². The van der Waals surface area contributed by atoms with E-state index in [9.17, 15) is 4.79 Å². The van der Waals surface area contributed by atoms with Crippen LogP contribution in [0.5, 0.6) is 0 Å². The maximum Gasteiger partial charge on any atom is 0.252 e. The van der Waals surface area contributed by atoms with Crippen molar-refractivity contribution in [3.63, 3.8) is 0 Å². The van der Waals surface area contributed by atoms with E-state index in [1.165, 1.54) is 0 Å². The van der Waals surface area contributed by atoms with E-state index in [0.717, 1.165) is 22.8 Å². The predicted octanol–water partition coefficient (Wildman–Crippen LogP) is 3.13. The van der Waals surface area contributed by atoms with Crippen molar-refractivity contribution in [2.24, 2.45) is 11.7 Å². The van der Waals surface area contributed by atoms with Crippen LogP contribution in [0, 0.1) is 9.49 Å². The third-order valence-corrected chi connectivity index (χ3v) is 4.85. The molecule has 1 aliphatic carbocycles. The molecule has 102 valence electrons. The van der Waals surface area contributed by atoms with Gasteiger partial charge in [-0.3, -0.25) is 4.79 Å². The Balaban J connectivity index is 2.12. The maximum atomic E-state index is 12.3. The number of halogens is 2. The lowest BCUT2D eigenvalue weighted by Gasteiger charge is -2.20. The Labute approximate surface area is 136 Å². The topological polar surface area (TPSA) is 55.1 Å². The molecule has 0 spiro atoms. The first-order valence-electron chi connectivity index (χ1n) is 6.04. The standard InChI is InChI=1S/C13H14ClIN2OS/c14-7-4-5-10(15)9(6-7)13(18)17-11-3-1-2-8(11)12(16)19/h4-6,8,11H,1-3H2,(H2,16,19)(H,17,18). The van der Waals surface area contributed by atoms with E-state index in [1.807, 2.05) is 6.07 Å². The number of amides is 1. The van der Waals surface area contributed by atoms with Crippen LogP contribution in [0.1, 0.15) is 29.6 Å². The van der Waals surface area contributed by atoms with Gasteiger partial charge >= 0.3 is 0 Å². The van der Waals surface area contributed by atoms with Gasteiger partial charge in [0.15, 0.2) is 0 Å². The monoisotopic (exact) mass is 408 g/mol. The van der Waals surface area contributed by atoms with Crippen molar-refractivity contribution < 1.29 is 4.79 Å². The Morgan fingerprint density at radius 3 is 2.89 bits per heavy atom. The zero-order valence-corrected chi connectivity index (χ0v) is 13.9. The number of carbonyl (C=O) groups is 1. The number of rotatable bonds is 3. The Kier molecular flexibility index (Phi) is 5.03. The predicted molar refractivity (Wildman–Crippen MR) is 89.5 cm³/mol. The summed E-state index contributed by atoms with van der Waals surface area (Å²) in [6.45, 7) is 0. The average molecular weight is 409 g/mol. The van der Waals surface area contributed by atoms with Crippen molar-refractivity contribution >= 4 is 57.3 Å². The van der Waals surface area contributed by atoms with Crippen LogP contribution in [0.15, 0.2) is 18.2 Å². The molecule has 0 heterocycles. The molecule has 1 saturated carbocycles. The zero-order chi connectivity index (χ0) is 14.0. The Morgan fingerprint density at radius 2 is 2.21 bits per heavy atom. The third kappa shape index (κ3) is 3.58.